The second-order valence-corrected chi connectivity index (χ2v) is 3.71. The van der Waals surface area contributed by atoms with E-state index in [-0.39, 0.29) is 0 Å². The highest BCUT2D eigenvalue weighted by Crippen LogP contribution is 2.22. The third-order valence-corrected chi connectivity index (χ3v) is 2.68. The first kappa shape index (κ1) is 10.8. The molecule has 0 fully saturated rings. The van der Waals surface area contributed by atoms with Crippen LogP contribution in [0.2, 0.25) is 0 Å². The molecule has 0 amide bonds. The highest BCUT2D eigenvalue weighted by atomic mass is 16.3. The minimum atomic E-state index is -0.627. The van der Waals surface area contributed by atoms with Gasteiger partial charge in [-0.05, 0) is 23.6 Å². The van der Waals surface area contributed by atoms with Gasteiger partial charge in [-0.25, -0.2) is 0 Å². The summed E-state index contributed by atoms with van der Waals surface area (Å²) in [5.41, 5.74) is 2.74. The van der Waals surface area contributed by atoms with Gasteiger partial charge in [-0.3, -0.25) is 4.98 Å². The zero-order valence-corrected chi connectivity index (χ0v) is 9.30. The molecule has 0 bridgehead atoms. The van der Waals surface area contributed by atoms with Crippen LogP contribution in [0.25, 0.3) is 0 Å². The lowest BCUT2D eigenvalue weighted by Gasteiger charge is -2.13. The number of nitrogens with zero attached hydrogens (tertiary/aromatic N) is 1. The fourth-order valence-electron chi connectivity index (χ4n) is 1.79. The van der Waals surface area contributed by atoms with Crippen LogP contribution in [0.3, 0.4) is 0 Å². The van der Waals surface area contributed by atoms with Crippen LogP contribution in [0.5, 0.6) is 0 Å². The van der Waals surface area contributed by atoms with Crippen molar-refractivity contribution >= 4 is 0 Å². The molecule has 1 aromatic heterocycles. The van der Waals surface area contributed by atoms with Crippen LogP contribution in [0.4, 0.5) is 0 Å². The predicted octanol–water partition coefficient (Wildman–Crippen LogP) is 2.73. The van der Waals surface area contributed by atoms with Crippen LogP contribution in [0, 0.1) is 0 Å². The lowest BCUT2D eigenvalue weighted by atomic mass is 10.0. The largest absolute Gasteiger partial charge is 0.382 e. The van der Waals surface area contributed by atoms with Crippen LogP contribution in [0.1, 0.15) is 29.8 Å². The van der Waals surface area contributed by atoms with Crippen molar-refractivity contribution in [3.63, 3.8) is 0 Å². The van der Waals surface area contributed by atoms with E-state index in [0.29, 0.717) is 0 Å². The van der Waals surface area contributed by atoms with E-state index >= 15 is 0 Å². The summed E-state index contributed by atoms with van der Waals surface area (Å²) in [5.74, 6) is 0. The van der Waals surface area contributed by atoms with Crippen LogP contribution < -0.4 is 0 Å². The minimum Gasteiger partial charge on any atom is -0.382 e. The molecule has 1 atom stereocenters. The second kappa shape index (κ2) is 4.90. The van der Waals surface area contributed by atoms with Crippen molar-refractivity contribution in [3.05, 3.63) is 65.5 Å². The number of aliphatic hydroxyl groups is 1. The normalized spacial score (nSPS) is 12.4. The Balaban J connectivity index is 2.37. The van der Waals surface area contributed by atoms with Gasteiger partial charge in [0.25, 0.3) is 0 Å². The number of pyridine rings is 1. The standard InChI is InChI=1S/C14H15NO/c1-2-11-9-6-10-15-13(11)14(16)12-7-4-3-5-8-12/h3-10,14,16H,2H2,1H3. The highest BCUT2D eigenvalue weighted by molar-refractivity contribution is 5.30. The van der Waals surface area contributed by atoms with E-state index in [1.165, 1.54) is 0 Å². The number of aromatic nitrogens is 1. The Kier molecular flexibility index (Phi) is 3.32. The van der Waals surface area contributed by atoms with E-state index < -0.39 is 6.10 Å². The summed E-state index contributed by atoms with van der Waals surface area (Å²) in [5, 5.41) is 10.2. The molecule has 0 radical (unpaired) electrons. The van der Waals surface area contributed by atoms with Crippen LogP contribution in [-0.4, -0.2) is 10.1 Å². The van der Waals surface area contributed by atoms with Crippen molar-refractivity contribution in [1.82, 2.24) is 4.98 Å². The molecule has 0 aliphatic carbocycles. The van der Waals surface area contributed by atoms with E-state index in [4.69, 9.17) is 0 Å². The van der Waals surface area contributed by atoms with E-state index in [1.54, 1.807) is 6.20 Å². The Labute approximate surface area is 95.6 Å². The number of benzene rings is 1. The van der Waals surface area contributed by atoms with Crippen LogP contribution in [0.15, 0.2) is 48.7 Å². The Bertz CT molecular complexity index is 453. The van der Waals surface area contributed by atoms with Crippen molar-refractivity contribution in [1.29, 1.82) is 0 Å². The fraction of sp³-hybridized carbons (Fsp3) is 0.214. The smallest absolute Gasteiger partial charge is 0.121 e. The third kappa shape index (κ3) is 2.12. The highest BCUT2D eigenvalue weighted by Gasteiger charge is 2.14. The van der Waals surface area contributed by atoms with Crippen LogP contribution >= 0.6 is 0 Å². The average molecular weight is 213 g/mol. The van der Waals surface area contributed by atoms with Gasteiger partial charge in [-0.2, -0.15) is 0 Å². The average Bonchev–Trinajstić information content (AvgIpc) is 2.39. The van der Waals surface area contributed by atoms with Crippen molar-refractivity contribution in [2.75, 3.05) is 0 Å². The predicted molar refractivity (Wildman–Crippen MR) is 64.1 cm³/mol. The van der Waals surface area contributed by atoms with Crippen LogP contribution in [-0.2, 0) is 6.42 Å². The molecule has 2 aromatic rings. The Hall–Kier alpha value is -1.67. The second-order valence-electron chi connectivity index (χ2n) is 3.71. The molecule has 0 aliphatic rings. The maximum Gasteiger partial charge on any atom is 0.121 e. The van der Waals surface area contributed by atoms with Gasteiger partial charge in [0, 0.05) is 6.20 Å². The summed E-state index contributed by atoms with van der Waals surface area (Å²) in [6.45, 7) is 2.07. The van der Waals surface area contributed by atoms with Gasteiger partial charge in [-0.1, -0.05) is 43.3 Å². The Morgan fingerprint density at radius 2 is 1.88 bits per heavy atom. The molecule has 1 unspecified atom stereocenters. The van der Waals surface area contributed by atoms with Crippen molar-refractivity contribution < 1.29 is 5.11 Å². The first-order valence-electron chi connectivity index (χ1n) is 5.49. The van der Waals surface area contributed by atoms with Crippen molar-refractivity contribution in [3.8, 4) is 0 Å². The molecule has 1 heterocycles. The van der Waals surface area contributed by atoms with Gasteiger partial charge < -0.3 is 5.11 Å². The van der Waals surface area contributed by atoms with Gasteiger partial charge >= 0.3 is 0 Å². The number of hydrogen-bond acceptors (Lipinski definition) is 2. The maximum atomic E-state index is 10.2. The fourth-order valence-corrected chi connectivity index (χ4v) is 1.79. The molecule has 2 heteroatoms. The number of rotatable bonds is 3. The topological polar surface area (TPSA) is 33.1 Å². The summed E-state index contributed by atoms with van der Waals surface area (Å²) >= 11 is 0. The quantitative estimate of drug-likeness (QED) is 0.850. The zero-order chi connectivity index (χ0) is 11.4. The molecule has 0 spiro atoms. The molecule has 2 nitrogen and oxygen atoms in total. The molecule has 2 rings (SSSR count). The van der Waals surface area contributed by atoms with E-state index in [0.717, 1.165) is 23.2 Å². The Morgan fingerprint density at radius 3 is 2.56 bits per heavy atom. The summed E-state index contributed by atoms with van der Waals surface area (Å²) in [7, 11) is 0. The molecular weight excluding hydrogens is 198 g/mol. The third-order valence-electron chi connectivity index (χ3n) is 2.68. The Morgan fingerprint density at radius 1 is 1.12 bits per heavy atom. The van der Waals surface area contributed by atoms with Gasteiger partial charge in [0.05, 0.1) is 5.69 Å². The maximum absolute atomic E-state index is 10.2. The summed E-state index contributed by atoms with van der Waals surface area (Å²) in [6.07, 6.45) is 1.98. The molecule has 16 heavy (non-hydrogen) atoms. The van der Waals surface area contributed by atoms with E-state index in [1.807, 2.05) is 42.5 Å². The van der Waals surface area contributed by atoms with E-state index in [2.05, 4.69) is 11.9 Å². The molecule has 0 saturated heterocycles. The molecule has 0 aliphatic heterocycles. The van der Waals surface area contributed by atoms with Gasteiger partial charge in [0.15, 0.2) is 0 Å². The summed E-state index contributed by atoms with van der Waals surface area (Å²) in [6, 6.07) is 13.5. The van der Waals surface area contributed by atoms with Gasteiger partial charge in [-0.15, -0.1) is 0 Å². The van der Waals surface area contributed by atoms with Crippen molar-refractivity contribution in [2.24, 2.45) is 0 Å². The number of hydrogen-bond donors (Lipinski definition) is 1. The first-order valence-corrected chi connectivity index (χ1v) is 5.49. The van der Waals surface area contributed by atoms with E-state index in [9.17, 15) is 5.11 Å². The monoisotopic (exact) mass is 213 g/mol. The number of aryl methyl sites for hydroxylation is 1. The molecule has 0 saturated carbocycles. The SMILES string of the molecule is CCc1cccnc1C(O)c1ccccc1. The van der Waals surface area contributed by atoms with Crippen molar-refractivity contribution in [2.45, 2.75) is 19.4 Å². The lowest BCUT2D eigenvalue weighted by molar-refractivity contribution is 0.214. The number of aliphatic hydroxyl groups excluding tert-OH is 1. The molecular formula is C14H15NO. The molecule has 1 N–H and O–H groups in total. The molecule has 1 aromatic carbocycles. The van der Waals surface area contributed by atoms with Gasteiger partial charge in [0.1, 0.15) is 6.10 Å². The zero-order valence-electron chi connectivity index (χ0n) is 9.30. The lowest BCUT2D eigenvalue weighted by Crippen LogP contribution is -2.05. The summed E-state index contributed by atoms with van der Waals surface area (Å²) in [4.78, 5) is 4.28. The van der Waals surface area contributed by atoms with Gasteiger partial charge in [0.2, 0.25) is 0 Å². The minimum absolute atomic E-state index is 0.627. The summed E-state index contributed by atoms with van der Waals surface area (Å²) < 4.78 is 0. The first-order chi connectivity index (χ1) is 7.83. The molecule has 82 valence electrons.